The maximum Gasteiger partial charge on any atom is 0.135 e. The van der Waals surface area contributed by atoms with Crippen molar-refractivity contribution in [2.24, 2.45) is 0 Å². The van der Waals surface area contributed by atoms with Gasteiger partial charge in [-0.3, -0.25) is 0 Å². The van der Waals surface area contributed by atoms with Gasteiger partial charge in [-0.05, 0) is 117 Å². The molecule has 0 N–H and O–H groups in total. The average Bonchev–Trinajstić information content (AvgIpc) is 4.12. The molecule has 0 saturated carbocycles. The van der Waals surface area contributed by atoms with Crippen molar-refractivity contribution in [3.05, 3.63) is 242 Å². The van der Waals surface area contributed by atoms with Crippen LogP contribution >= 0.6 is 0 Å². The number of ether oxygens (including phenoxy) is 1. The van der Waals surface area contributed by atoms with Gasteiger partial charge in [0.05, 0.1) is 11.0 Å². The number of nitrogens with zero attached hydrogens (tertiary/aromatic N) is 5. The third-order valence-corrected chi connectivity index (χ3v) is 14.7. The number of para-hydroxylation sites is 3. The van der Waals surface area contributed by atoms with Crippen molar-refractivity contribution in [1.82, 2.24) is 14.1 Å². The summed E-state index contributed by atoms with van der Waals surface area (Å²) in [6.45, 7) is 13.3. The molecule has 0 unspecified atom stereocenters. The second kappa shape index (κ2) is 18.9. The van der Waals surface area contributed by atoms with Crippen LogP contribution in [0.15, 0.2) is 206 Å². The minimum atomic E-state index is -2.46. The SMILES string of the molecule is [2H]C([2H])([2H])c1cc(-n2c3[c-]c(Oc4[c-]c(N5[CH-]N(c6cc(C(C)(C)C)cc(C(C)(C)C)c6)c6cc(-c7ccccc7)ccc65)ccc4)ccc3c3ccccc32)ncc1-c1cccc(-n2c3ccccc3c3ccccc32)c1.[Pt]. The zero-order valence-corrected chi connectivity index (χ0v) is 45.4. The molecular weight excluding hydrogens is 1110 g/mol. The molecule has 7 heteroatoms. The molecule has 0 spiro atoms. The van der Waals surface area contributed by atoms with Crippen molar-refractivity contribution in [3.8, 4) is 45.3 Å². The zero-order valence-electron chi connectivity index (χ0n) is 46.2. The van der Waals surface area contributed by atoms with Gasteiger partial charge in [0.2, 0.25) is 0 Å². The Morgan fingerprint density at radius 3 is 1.79 bits per heavy atom. The Hall–Kier alpha value is -8.18. The molecule has 376 valence electrons. The second-order valence-corrected chi connectivity index (χ2v) is 21.6. The molecule has 76 heavy (non-hydrogen) atoms. The first kappa shape index (κ1) is 45.2. The van der Waals surface area contributed by atoms with Gasteiger partial charge in [-0.1, -0.05) is 156 Å². The average molecular weight is 1170 g/mol. The Balaban J connectivity index is 0.00000623. The molecule has 1 aliphatic rings. The predicted molar refractivity (Wildman–Crippen MR) is 312 cm³/mol. The van der Waals surface area contributed by atoms with E-state index in [9.17, 15) is 0 Å². The fourth-order valence-corrected chi connectivity index (χ4v) is 10.7. The van der Waals surface area contributed by atoms with Crippen LogP contribution < -0.4 is 14.5 Å². The monoisotopic (exact) mass is 1170 g/mol. The predicted octanol–water partition coefficient (Wildman–Crippen LogP) is 18.3. The van der Waals surface area contributed by atoms with E-state index in [1.807, 2.05) is 77.4 Å². The number of hydrogen-bond donors (Lipinski definition) is 0. The van der Waals surface area contributed by atoms with Crippen LogP contribution in [0.1, 0.15) is 62.3 Å². The van der Waals surface area contributed by atoms with Gasteiger partial charge in [-0.2, -0.15) is 12.1 Å². The number of pyridine rings is 1. The Kier molecular flexibility index (Phi) is 11.2. The number of fused-ring (bicyclic) bond motifs is 7. The minimum absolute atomic E-state index is 0. The van der Waals surface area contributed by atoms with Crippen molar-refractivity contribution in [1.29, 1.82) is 0 Å². The standard InChI is InChI=1S/C69H56N5O.Pt/c1-45-35-67(70-43-60(45)48-21-17-23-52(36-48)73-61-28-14-11-25-56(61)57-26-12-15-29-62(57)73)74-63-30-16-13-27-58(63)59-33-32-55(42-65(59)74)75-54-24-18-22-51(41-54)71-44-72(53-39-49(68(2,3)4)38-50(40-53)69(5,6)7)66-37-47(31-34-64(66)71)46-19-9-8-10-20-46;/h8-40,43-44H,1-7H3;/q-3;/i1D3;. The summed E-state index contributed by atoms with van der Waals surface area (Å²) in [6, 6.07) is 75.9. The van der Waals surface area contributed by atoms with Crippen LogP contribution in [0.25, 0.3) is 77.4 Å². The Morgan fingerprint density at radius 1 is 0.487 bits per heavy atom. The number of rotatable bonds is 8. The molecule has 0 bridgehead atoms. The summed E-state index contributed by atoms with van der Waals surface area (Å²) in [5.74, 6) is 1.45. The van der Waals surface area contributed by atoms with E-state index in [1.165, 1.54) is 11.1 Å². The molecule has 0 atom stereocenters. The van der Waals surface area contributed by atoms with Gasteiger partial charge in [-0.15, -0.1) is 48.1 Å². The van der Waals surface area contributed by atoms with Gasteiger partial charge in [0.15, 0.2) is 0 Å². The van der Waals surface area contributed by atoms with E-state index >= 15 is 0 Å². The molecule has 0 radical (unpaired) electrons. The fourth-order valence-electron chi connectivity index (χ4n) is 10.7. The first-order chi connectivity index (χ1) is 37.5. The minimum Gasteiger partial charge on any atom is -0.509 e. The summed E-state index contributed by atoms with van der Waals surface area (Å²) >= 11 is 0. The summed E-state index contributed by atoms with van der Waals surface area (Å²) in [6.07, 6.45) is 1.70. The topological polar surface area (TPSA) is 38.5 Å². The molecule has 0 amide bonds. The summed E-state index contributed by atoms with van der Waals surface area (Å²) in [4.78, 5) is 9.55. The van der Waals surface area contributed by atoms with Crippen molar-refractivity contribution >= 4 is 66.4 Å². The summed E-state index contributed by atoms with van der Waals surface area (Å²) in [7, 11) is 0. The first-order valence-electron chi connectivity index (χ1n) is 27.1. The van der Waals surface area contributed by atoms with Crippen LogP contribution in [-0.4, -0.2) is 14.1 Å². The smallest absolute Gasteiger partial charge is 0.135 e. The molecule has 4 heterocycles. The Bertz CT molecular complexity index is 4230. The van der Waals surface area contributed by atoms with Gasteiger partial charge in [-0.25, -0.2) is 4.98 Å². The molecule has 0 aliphatic carbocycles. The van der Waals surface area contributed by atoms with Crippen LogP contribution in [0.3, 0.4) is 0 Å². The number of aryl methyl sites for hydroxylation is 1. The van der Waals surface area contributed by atoms with Gasteiger partial charge >= 0.3 is 0 Å². The maximum absolute atomic E-state index is 8.91. The largest absolute Gasteiger partial charge is 0.509 e. The van der Waals surface area contributed by atoms with Gasteiger partial charge in [0, 0.05) is 87.5 Å². The molecular formula is C69H56N5OPt-3. The molecule has 3 aromatic heterocycles. The number of aromatic nitrogens is 3. The van der Waals surface area contributed by atoms with Crippen molar-refractivity contribution in [2.75, 3.05) is 9.80 Å². The molecule has 9 aromatic carbocycles. The molecule has 0 saturated heterocycles. The van der Waals surface area contributed by atoms with Crippen LogP contribution in [0.4, 0.5) is 22.7 Å². The third kappa shape index (κ3) is 8.55. The zero-order chi connectivity index (χ0) is 53.7. The third-order valence-electron chi connectivity index (χ3n) is 14.7. The molecule has 1 aliphatic heterocycles. The van der Waals surface area contributed by atoms with Crippen LogP contribution in [0.5, 0.6) is 11.5 Å². The van der Waals surface area contributed by atoms with Gasteiger partial charge in [0.25, 0.3) is 0 Å². The van der Waals surface area contributed by atoms with Crippen LogP contribution in [0, 0.1) is 25.7 Å². The summed E-state index contributed by atoms with van der Waals surface area (Å²) < 4.78 is 37.7. The second-order valence-electron chi connectivity index (χ2n) is 21.6. The van der Waals surface area contributed by atoms with Gasteiger partial charge in [0.1, 0.15) is 5.82 Å². The summed E-state index contributed by atoms with van der Waals surface area (Å²) in [5.41, 5.74) is 14.8. The molecule has 6 nitrogen and oxygen atoms in total. The molecule has 13 rings (SSSR count). The fraction of sp³-hybridized carbons (Fsp3) is 0.130. The van der Waals surface area contributed by atoms with Gasteiger partial charge < -0.3 is 23.7 Å². The number of anilines is 4. The normalized spacial score (nSPS) is 13.5. The maximum atomic E-state index is 8.91. The Labute approximate surface area is 463 Å². The number of hydrogen-bond acceptors (Lipinski definition) is 4. The Morgan fingerprint density at radius 2 is 1.11 bits per heavy atom. The van der Waals surface area contributed by atoms with E-state index < -0.39 is 6.85 Å². The number of benzene rings is 9. The van der Waals surface area contributed by atoms with E-state index in [4.69, 9.17) is 13.8 Å². The molecule has 0 fully saturated rings. The van der Waals surface area contributed by atoms with Crippen molar-refractivity contribution in [2.45, 2.75) is 59.2 Å². The van der Waals surface area contributed by atoms with E-state index in [2.05, 4.69) is 196 Å². The van der Waals surface area contributed by atoms with Crippen molar-refractivity contribution < 1.29 is 29.9 Å². The van der Waals surface area contributed by atoms with E-state index in [0.717, 1.165) is 83.2 Å². The van der Waals surface area contributed by atoms with E-state index in [-0.39, 0.29) is 37.5 Å². The quantitative estimate of drug-likeness (QED) is 0.142. The van der Waals surface area contributed by atoms with Crippen LogP contribution in [0.2, 0.25) is 0 Å². The summed E-state index contributed by atoms with van der Waals surface area (Å²) in [5, 5.41) is 4.22. The van der Waals surface area contributed by atoms with E-state index in [1.54, 1.807) is 12.3 Å². The van der Waals surface area contributed by atoms with Crippen LogP contribution in [-0.2, 0) is 31.9 Å². The van der Waals surface area contributed by atoms with Crippen molar-refractivity contribution in [3.63, 3.8) is 0 Å². The first-order valence-corrected chi connectivity index (χ1v) is 25.6. The van der Waals surface area contributed by atoms with E-state index in [0.29, 0.717) is 28.4 Å². The molecule has 12 aromatic rings.